The van der Waals surface area contributed by atoms with Crippen LogP contribution in [0.2, 0.25) is 0 Å². The number of carbonyl (C=O) groups is 1. The number of anilines is 1. The Morgan fingerprint density at radius 2 is 1.77 bits per heavy atom. The number of fused-ring (bicyclic) bond motifs is 1. The number of nitrogens with zero attached hydrogens (tertiary/aromatic N) is 3. The molecule has 0 spiro atoms. The maximum absolute atomic E-state index is 12.9. The number of hydrogen-bond acceptors (Lipinski definition) is 5. The average molecular weight is 442 g/mol. The first kappa shape index (κ1) is 21.5. The first-order chi connectivity index (χ1) is 14.6. The van der Waals surface area contributed by atoms with Crippen LogP contribution in [0, 0.1) is 0 Å². The van der Waals surface area contributed by atoms with E-state index in [1.807, 2.05) is 36.2 Å². The molecule has 3 heterocycles. The Hall–Kier alpha value is -2.71. The summed E-state index contributed by atoms with van der Waals surface area (Å²) in [4.78, 5) is 27.3. The Labute approximate surface area is 182 Å². The lowest BCUT2D eigenvalue weighted by atomic mass is 9.83. The normalized spacial score (nSPS) is 19.7. The predicted octanol–water partition coefficient (Wildman–Crippen LogP) is 2.51. The molecule has 0 saturated carbocycles. The van der Waals surface area contributed by atoms with E-state index in [0.717, 1.165) is 29.8 Å². The molecule has 1 aromatic carbocycles. The molecule has 0 radical (unpaired) electrons. The molecule has 1 aromatic heterocycles. The van der Waals surface area contributed by atoms with Crippen molar-refractivity contribution >= 4 is 21.5 Å². The Morgan fingerprint density at radius 3 is 2.45 bits per heavy atom. The molecule has 164 valence electrons. The number of pyridine rings is 1. The highest BCUT2D eigenvalue weighted by atomic mass is 32.2. The molecular weight excluding hydrogens is 414 g/mol. The molecule has 2 aliphatic heterocycles. The zero-order valence-corrected chi connectivity index (χ0v) is 18.9. The minimum absolute atomic E-state index is 0.0418. The van der Waals surface area contributed by atoms with Gasteiger partial charge < -0.3 is 9.47 Å². The molecule has 2 aliphatic rings. The first-order valence-corrected chi connectivity index (χ1v) is 11.9. The second kappa shape index (κ2) is 7.76. The number of aromatic nitrogens is 1. The zero-order chi connectivity index (χ0) is 22.4. The average Bonchev–Trinajstić information content (AvgIpc) is 3.33. The van der Waals surface area contributed by atoms with Crippen molar-refractivity contribution in [1.82, 2.24) is 8.87 Å². The molecule has 0 atom stereocenters. The maximum Gasteiger partial charge on any atom is 0.251 e. The molecule has 1 saturated heterocycles. The topological polar surface area (TPSA) is 79.7 Å². The van der Waals surface area contributed by atoms with Crippen LogP contribution in [-0.4, -0.2) is 43.2 Å². The van der Waals surface area contributed by atoms with Crippen LogP contribution in [0.5, 0.6) is 0 Å². The fourth-order valence-electron chi connectivity index (χ4n) is 4.49. The van der Waals surface area contributed by atoms with Crippen LogP contribution in [0.3, 0.4) is 0 Å². The summed E-state index contributed by atoms with van der Waals surface area (Å²) in [5.41, 5.74) is 2.25. The smallest absolute Gasteiger partial charge is 0.251 e. The third kappa shape index (κ3) is 3.74. The summed E-state index contributed by atoms with van der Waals surface area (Å²) in [5, 5.41) is 0. The van der Waals surface area contributed by atoms with Gasteiger partial charge in [0.15, 0.2) is 5.78 Å². The van der Waals surface area contributed by atoms with Crippen LogP contribution in [0.1, 0.15) is 32.3 Å². The number of ketones is 1. The van der Waals surface area contributed by atoms with Gasteiger partial charge in [-0.15, -0.1) is 0 Å². The molecule has 0 amide bonds. The third-order valence-electron chi connectivity index (χ3n) is 6.22. The van der Waals surface area contributed by atoms with Gasteiger partial charge in [0.2, 0.25) is 10.0 Å². The van der Waals surface area contributed by atoms with Crippen LogP contribution in [0.4, 0.5) is 5.69 Å². The van der Waals surface area contributed by atoms with Gasteiger partial charge in [0.25, 0.3) is 5.56 Å². The van der Waals surface area contributed by atoms with Crippen molar-refractivity contribution in [2.75, 3.05) is 25.0 Å². The van der Waals surface area contributed by atoms with Crippen molar-refractivity contribution in [2.24, 2.45) is 0 Å². The molecule has 8 heteroatoms. The van der Waals surface area contributed by atoms with E-state index in [4.69, 9.17) is 0 Å². The van der Waals surface area contributed by atoms with Gasteiger partial charge in [-0.1, -0.05) is 32.0 Å². The van der Waals surface area contributed by atoms with Gasteiger partial charge in [-0.05, 0) is 30.5 Å². The number of rotatable bonds is 5. The quantitative estimate of drug-likeness (QED) is 0.666. The van der Waals surface area contributed by atoms with Crippen LogP contribution >= 0.6 is 0 Å². The van der Waals surface area contributed by atoms with E-state index >= 15 is 0 Å². The van der Waals surface area contributed by atoms with E-state index in [1.165, 1.54) is 27.2 Å². The van der Waals surface area contributed by atoms with Crippen molar-refractivity contribution in [3.63, 3.8) is 0 Å². The lowest BCUT2D eigenvalue weighted by Crippen LogP contribution is -2.30. The van der Waals surface area contributed by atoms with E-state index in [-0.39, 0.29) is 22.6 Å². The third-order valence-corrected chi connectivity index (χ3v) is 8.11. The van der Waals surface area contributed by atoms with E-state index in [0.29, 0.717) is 13.1 Å². The van der Waals surface area contributed by atoms with Gasteiger partial charge in [-0.2, -0.15) is 4.31 Å². The van der Waals surface area contributed by atoms with E-state index in [2.05, 4.69) is 13.8 Å². The monoisotopic (exact) mass is 441 g/mol. The molecule has 31 heavy (non-hydrogen) atoms. The molecule has 0 unspecified atom stereocenters. The van der Waals surface area contributed by atoms with E-state index in [1.54, 1.807) is 6.08 Å². The van der Waals surface area contributed by atoms with Gasteiger partial charge >= 0.3 is 0 Å². The Morgan fingerprint density at radius 1 is 1.10 bits per heavy atom. The van der Waals surface area contributed by atoms with Crippen molar-refractivity contribution in [3.05, 3.63) is 70.3 Å². The summed E-state index contributed by atoms with van der Waals surface area (Å²) in [6.07, 6.45) is 4.51. The van der Waals surface area contributed by atoms with Crippen molar-refractivity contribution in [2.45, 2.75) is 43.5 Å². The highest BCUT2D eigenvalue weighted by Crippen LogP contribution is 2.46. The van der Waals surface area contributed by atoms with Gasteiger partial charge in [0.05, 0.1) is 11.4 Å². The van der Waals surface area contributed by atoms with E-state index in [9.17, 15) is 18.0 Å². The summed E-state index contributed by atoms with van der Waals surface area (Å²) in [6.45, 7) is 4.86. The van der Waals surface area contributed by atoms with Crippen LogP contribution in [0.15, 0.2) is 64.1 Å². The SMILES string of the molecule is CN1/C(=C\C(=O)Cn2cc(S(=O)(=O)N3CCCC3)ccc2=O)C(C)(C)c2ccccc21. The highest BCUT2D eigenvalue weighted by Gasteiger charge is 2.38. The molecule has 1 fully saturated rings. The van der Waals surface area contributed by atoms with Crippen molar-refractivity contribution in [3.8, 4) is 0 Å². The summed E-state index contributed by atoms with van der Waals surface area (Å²) >= 11 is 0. The molecule has 4 rings (SSSR count). The highest BCUT2D eigenvalue weighted by molar-refractivity contribution is 7.89. The van der Waals surface area contributed by atoms with Crippen molar-refractivity contribution < 1.29 is 13.2 Å². The standard InChI is InChI=1S/C23H27N3O4S/c1-23(2)19-8-4-5-9-20(19)24(3)21(23)14-17(27)15-25-16-18(10-11-22(25)28)31(29,30)26-12-6-7-13-26/h4-5,8-11,14,16H,6-7,12-13,15H2,1-3H3/b21-14-. The number of para-hydroxylation sites is 1. The minimum Gasteiger partial charge on any atom is -0.347 e. The van der Waals surface area contributed by atoms with E-state index < -0.39 is 15.6 Å². The Kier molecular flexibility index (Phi) is 5.39. The summed E-state index contributed by atoms with van der Waals surface area (Å²) in [5.74, 6) is -0.263. The summed E-state index contributed by atoms with van der Waals surface area (Å²) in [7, 11) is -1.74. The van der Waals surface area contributed by atoms with Gasteiger partial charge in [-0.25, -0.2) is 8.42 Å². The second-order valence-electron chi connectivity index (χ2n) is 8.64. The van der Waals surface area contributed by atoms with Gasteiger partial charge in [0.1, 0.15) is 0 Å². The summed E-state index contributed by atoms with van der Waals surface area (Å²) < 4.78 is 28.2. The largest absolute Gasteiger partial charge is 0.347 e. The number of hydrogen-bond donors (Lipinski definition) is 0. The Bertz CT molecular complexity index is 1220. The maximum atomic E-state index is 12.9. The minimum atomic E-state index is -3.66. The van der Waals surface area contributed by atoms with Crippen molar-refractivity contribution in [1.29, 1.82) is 0 Å². The zero-order valence-electron chi connectivity index (χ0n) is 18.0. The number of allylic oxidation sites excluding steroid dienone is 2. The number of sulfonamides is 1. The molecule has 0 bridgehead atoms. The fraction of sp³-hybridized carbons (Fsp3) is 0.391. The van der Waals surface area contributed by atoms with Gasteiger partial charge in [-0.3, -0.25) is 9.59 Å². The van der Waals surface area contributed by atoms with Gasteiger partial charge in [0, 0.05) is 55.3 Å². The molecule has 0 N–H and O–H groups in total. The molecule has 7 nitrogen and oxygen atoms in total. The number of carbonyl (C=O) groups excluding carboxylic acids is 1. The second-order valence-corrected chi connectivity index (χ2v) is 10.6. The van der Waals surface area contributed by atoms with Crippen LogP contribution in [-0.2, 0) is 26.8 Å². The van der Waals surface area contributed by atoms with Crippen LogP contribution < -0.4 is 10.5 Å². The fourth-order valence-corrected chi connectivity index (χ4v) is 6.03. The Balaban J connectivity index is 1.62. The molecule has 0 aliphatic carbocycles. The lowest BCUT2D eigenvalue weighted by molar-refractivity contribution is -0.115. The first-order valence-electron chi connectivity index (χ1n) is 10.4. The number of likely N-dealkylation sites (N-methyl/N-ethyl adjacent to an activating group) is 1. The lowest BCUT2D eigenvalue weighted by Gasteiger charge is -2.24. The molecule has 2 aromatic rings. The molecular formula is C23H27N3O4S. The number of benzene rings is 1. The predicted molar refractivity (Wildman–Crippen MR) is 120 cm³/mol. The van der Waals surface area contributed by atoms with Crippen LogP contribution in [0.25, 0.3) is 0 Å². The summed E-state index contributed by atoms with van der Waals surface area (Å²) in [6, 6.07) is 10.5.